The van der Waals surface area contributed by atoms with Gasteiger partial charge < -0.3 is 66.9 Å². The number of amides is 1. The van der Waals surface area contributed by atoms with Crippen molar-refractivity contribution in [2.45, 2.75) is 83.5 Å². The van der Waals surface area contributed by atoms with E-state index in [1.165, 1.54) is 0 Å². The second-order valence-electron chi connectivity index (χ2n) is 19.4. The molecular weight excluding hydrogens is 1010 g/mol. The molecule has 0 spiro atoms. The second kappa shape index (κ2) is 29.2. The van der Waals surface area contributed by atoms with Crippen LogP contribution in [0.2, 0.25) is 0 Å². The predicted molar refractivity (Wildman–Crippen MR) is 306 cm³/mol. The summed E-state index contributed by atoms with van der Waals surface area (Å²) < 4.78 is 77.8. The van der Waals surface area contributed by atoms with Crippen molar-refractivity contribution in [2.24, 2.45) is 0 Å². The first-order chi connectivity index (χ1) is 38.5. The van der Waals surface area contributed by atoms with Gasteiger partial charge in [0.2, 0.25) is 0 Å². The third-order valence-corrected chi connectivity index (χ3v) is 14.4. The fraction of sp³-hybridized carbons (Fsp3) is 0.422. The van der Waals surface area contributed by atoms with E-state index >= 15 is 0 Å². The van der Waals surface area contributed by atoms with Gasteiger partial charge in [0.15, 0.2) is 6.61 Å². The lowest BCUT2D eigenvalue weighted by molar-refractivity contribution is -0.123. The minimum atomic E-state index is -0.206. The smallest absolute Gasteiger partial charge is 0.257 e. The van der Waals surface area contributed by atoms with Gasteiger partial charge in [0, 0.05) is 112 Å². The topological polar surface area (TPSA) is 149 Å². The van der Waals surface area contributed by atoms with Crippen LogP contribution in [0.25, 0.3) is 0 Å². The van der Waals surface area contributed by atoms with Gasteiger partial charge in [0.05, 0.1) is 84.8 Å². The van der Waals surface area contributed by atoms with E-state index in [0.29, 0.717) is 114 Å². The molecule has 79 heavy (non-hydrogen) atoms. The average Bonchev–Trinajstić information content (AvgIpc) is 3.54. The number of nitrogens with one attached hydrogen (secondary N) is 1. The van der Waals surface area contributed by atoms with Crippen molar-refractivity contribution in [3.8, 4) is 74.7 Å². The lowest BCUT2D eigenvalue weighted by atomic mass is 9.94. The summed E-state index contributed by atoms with van der Waals surface area (Å²) in [5, 5.41) is 3.08. The molecule has 0 saturated heterocycles. The minimum Gasteiger partial charge on any atom is -0.496 e. The number of methoxy groups -OCH3 is 11. The fourth-order valence-electron chi connectivity index (χ4n) is 10.2. The van der Waals surface area contributed by atoms with Crippen molar-refractivity contribution in [3.05, 3.63) is 134 Å². The summed E-state index contributed by atoms with van der Waals surface area (Å²) in [5.74, 6) is 8.50. The molecule has 0 saturated carbocycles. The Bertz CT molecular complexity index is 2960. The van der Waals surface area contributed by atoms with Gasteiger partial charge in [-0.3, -0.25) is 4.79 Å². The van der Waals surface area contributed by atoms with Crippen molar-refractivity contribution >= 4 is 5.91 Å². The van der Waals surface area contributed by atoms with E-state index in [0.717, 1.165) is 113 Å². The van der Waals surface area contributed by atoms with Crippen molar-refractivity contribution in [2.75, 3.05) is 98.0 Å². The van der Waals surface area contributed by atoms with E-state index in [2.05, 4.69) is 5.32 Å². The van der Waals surface area contributed by atoms with E-state index in [-0.39, 0.29) is 12.5 Å². The zero-order valence-electron chi connectivity index (χ0n) is 48.0. The Morgan fingerprint density at radius 2 is 0.557 bits per heavy atom. The maximum Gasteiger partial charge on any atom is 0.257 e. The van der Waals surface area contributed by atoms with Gasteiger partial charge in [-0.15, -0.1) is 0 Å². The molecule has 6 aromatic carbocycles. The fourth-order valence-corrected chi connectivity index (χ4v) is 10.2. The molecule has 0 heterocycles. The number of hydrogen-bond acceptors (Lipinski definition) is 14. The molecule has 10 aliphatic carbocycles. The van der Waals surface area contributed by atoms with Crippen LogP contribution < -0.4 is 66.9 Å². The summed E-state index contributed by atoms with van der Waals surface area (Å²) in [6, 6.07) is 25.5. The maximum absolute atomic E-state index is 13.5. The highest BCUT2D eigenvalue weighted by Crippen LogP contribution is 2.42. The summed E-state index contributed by atoms with van der Waals surface area (Å²) in [6.07, 6.45) is 10.7. The quantitative estimate of drug-likeness (QED) is 0.0513. The second-order valence-corrected chi connectivity index (χ2v) is 19.4. The molecule has 1 N–H and O–H groups in total. The van der Waals surface area contributed by atoms with Crippen molar-refractivity contribution in [3.63, 3.8) is 0 Å². The van der Waals surface area contributed by atoms with Crippen LogP contribution in [-0.4, -0.2) is 104 Å². The van der Waals surface area contributed by atoms with E-state index in [1.807, 2.05) is 78.9 Å². The third kappa shape index (κ3) is 15.3. The summed E-state index contributed by atoms with van der Waals surface area (Å²) in [7, 11) is 18.2. The summed E-state index contributed by atoms with van der Waals surface area (Å²) in [6.45, 7) is 1.02. The Kier molecular flexibility index (Phi) is 21.8. The van der Waals surface area contributed by atoms with Gasteiger partial charge in [0.25, 0.3) is 5.91 Å². The van der Waals surface area contributed by atoms with Gasteiger partial charge in [0.1, 0.15) is 74.7 Å². The van der Waals surface area contributed by atoms with Gasteiger partial charge in [-0.05, 0) is 73.5 Å². The monoisotopic (exact) mass is 1090 g/mol. The first kappa shape index (κ1) is 58.9. The molecular formula is C64H79NO14. The van der Waals surface area contributed by atoms with E-state index < -0.39 is 0 Å². The molecule has 0 fully saturated rings. The largest absolute Gasteiger partial charge is 0.496 e. The van der Waals surface area contributed by atoms with Crippen LogP contribution in [0, 0.1) is 0 Å². The summed E-state index contributed by atoms with van der Waals surface area (Å²) in [4.78, 5) is 13.5. The van der Waals surface area contributed by atoms with Gasteiger partial charge in [-0.25, -0.2) is 0 Å². The molecule has 0 aliphatic heterocycles. The normalized spacial score (nSPS) is 11.8. The standard InChI is InChI=1S/C64H79NO14/c1-67-51-37-52(68-2)39-53(38-51)78-21-19-17-15-13-12-14-16-18-20-65-64(66)40-79-63-36-49-25-47-33-58(73-7)45(31-59(47)74-8)23-43-29-54(69-3)41(27-55(43)70-4)22-42-28-57(72-6)44(30-56(42)71-5)24-46-32-61(76-10)48(34-60(46)75-9)26-50(63)35-62(49)77-11/h27-39H,12-26,40H2,1-11H3,(H,65,66). The Balaban J connectivity index is 1.12. The predicted octanol–water partition coefficient (Wildman–Crippen LogP) is 11.7. The lowest BCUT2D eigenvalue weighted by Crippen LogP contribution is -2.29. The maximum atomic E-state index is 13.5. The van der Waals surface area contributed by atoms with Crippen molar-refractivity contribution < 1.29 is 66.4 Å². The van der Waals surface area contributed by atoms with E-state index in [4.69, 9.17) is 61.6 Å². The molecule has 10 aliphatic rings. The first-order valence-corrected chi connectivity index (χ1v) is 26.9. The highest BCUT2D eigenvalue weighted by Gasteiger charge is 2.24. The zero-order valence-corrected chi connectivity index (χ0v) is 48.0. The Morgan fingerprint density at radius 1 is 0.304 bits per heavy atom. The number of carbonyl (C=O) groups excluding carboxylic acids is 1. The molecule has 1 amide bonds. The van der Waals surface area contributed by atoms with E-state index in [9.17, 15) is 4.79 Å². The van der Waals surface area contributed by atoms with Crippen molar-refractivity contribution in [1.82, 2.24) is 5.32 Å². The van der Waals surface area contributed by atoms with Crippen LogP contribution in [0.4, 0.5) is 0 Å². The molecule has 16 rings (SSSR count). The van der Waals surface area contributed by atoms with Crippen LogP contribution in [0.1, 0.15) is 107 Å². The van der Waals surface area contributed by atoms with Crippen LogP contribution in [0.3, 0.4) is 0 Å². The highest BCUT2D eigenvalue weighted by atomic mass is 16.5. The number of rotatable bonds is 26. The van der Waals surface area contributed by atoms with Crippen LogP contribution in [0.15, 0.2) is 78.9 Å². The molecule has 424 valence electrons. The summed E-state index contributed by atoms with van der Waals surface area (Å²) in [5.41, 5.74) is 8.67. The van der Waals surface area contributed by atoms with Gasteiger partial charge >= 0.3 is 0 Å². The third-order valence-electron chi connectivity index (χ3n) is 14.4. The number of ether oxygens (including phenoxy) is 13. The van der Waals surface area contributed by atoms with Crippen LogP contribution >= 0.6 is 0 Å². The molecule has 15 nitrogen and oxygen atoms in total. The molecule has 0 aromatic heterocycles. The number of unbranched alkanes of at least 4 members (excludes halogenated alkanes) is 7. The number of hydrogen-bond donors (Lipinski definition) is 1. The van der Waals surface area contributed by atoms with Crippen LogP contribution in [-0.2, 0) is 36.9 Å². The SMILES string of the molecule is COc1cc(OC)cc(OCCCCCCCCCCNC(=O)COc2cc3c(OC)cc2Cc2cc(OC)c(cc2OC)Cc2cc(OC)c(cc2OC)Cc2cc(OC)c(cc2OC)Cc2cc(OC)c(cc2OC)C3)c1. The molecule has 6 aromatic rings. The summed E-state index contributed by atoms with van der Waals surface area (Å²) >= 11 is 0. The minimum absolute atomic E-state index is 0.182. The number of carbonyl (C=O) groups is 1. The highest BCUT2D eigenvalue weighted by molar-refractivity contribution is 5.77. The molecule has 15 heteroatoms. The lowest BCUT2D eigenvalue weighted by Gasteiger charge is -2.20. The molecule has 0 unspecified atom stereocenters. The molecule has 10 bridgehead atoms. The Hall–Kier alpha value is -7.81. The van der Waals surface area contributed by atoms with Gasteiger partial charge in [-0.1, -0.05) is 38.5 Å². The first-order valence-electron chi connectivity index (χ1n) is 26.9. The van der Waals surface area contributed by atoms with Crippen LogP contribution in [0.5, 0.6) is 74.7 Å². The molecule has 0 radical (unpaired) electrons. The van der Waals surface area contributed by atoms with E-state index in [1.54, 1.807) is 78.2 Å². The number of benzene rings is 6. The Morgan fingerprint density at radius 3 is 0.848 bits per heavy atom. The Labute approximate surface area is 466 Å². The van der Waals surface area contributed by atoms with Gasteiger partial charge in [-0.2, -0.15) is 0 Å². The van der Waals surface area contributed by atoms with Crippen molar-refractivity contribution in [1.29, 1.82) is 0 Å². The average molecular weight is 1090 g/mol. The zero-order chi connectivity index (χ0) is 56.3. The molecule has 0 atom stereocenters.